The van der Waals surface area contributed by atoms with Gasteiger partial charge in [-0.3, -0.25) is 4.79 Å². The summed E-state index contributed by atoms with van der Waals surface area (Å²) >= 11 is 3.35. The SMILES string of the molecule is CCOc1c(Br)cc(C(=O)Nc2cccc(C(=O)OC)c2O)cc1OC. The number of phenols is 1. The molecular formula is C18H18BrNO6. The molecule has 2 N–H and O–H groups in total. The first kappa shape index (κ1) is 19.6. The maximum atomic E-state index is 12.6. The molecule has 26 heavy (non-hydrogen) atoms. The van der Waals surface area contributed by atoms with E-state index in [0.29, 0.717) is 22.6 Å². The molecule has 0 saturated carbocycles. The summed E-state index contributed by atoms with van der Waals surface area (Å²) < 4.78 is 15.9. The minimum Gasteiger partial charge on any atom is -0.505 e. The van der Waals surface area contributed by atoms with Crippen LogP contribution in [-0.2, 0) is 4.74 Å². The number of nitrogens with one attached hydrogen (secondary N) is 1. The molecule has 0 atom stereocenters. The second-order valence-electron chi connectivity index (χ2n) is 5.07. The number of hydrogen-bond acceptors (Lipinski definition) is 6. The number of aromatic hydroxyl groups is 1. The molecule has 0 radical (unpaired) electrons. The van der Waals surface area contributed by atoms with Gasteiger partial charge in [0.2, 0.25) is 0 Å². The van der Waals surface area contributed by atoms with Gasteiger partial charge in [0.15, 0.2) is 17.2 Å². The van der Waals surface area contributed by atoms with Crippen molar-refractivity contribution in [2.45, 2.75) is 6.92 Å². The summed E-state index contributed by atoms with van der Waals surface area (Å²) in [6.45, 7) is 2.28. The van der Waals surface area contributed by atoms with Crippen molar-refractivity contribution in [3.8, 4) is 17.2 Å². The molecule has 0 saturated heterocycles. The van der Waals surface area contributed by atoms with Crippen molar-refractivity contribution in [3.63, 3.8) is 0 Å². The van der Waals surface area contributed by atoms with E-state index in [2.05, 4.69) is 26.0 Å². The first-order valence-electron chi connectivity index (χ1n) is 7.64. The molecule has 138 valence electrons. The topological polar surface area (TPSA) is 94.1 Å². The highest BCUT2D eigenvalue weighted by Crippen LogP contribution is 2.37. The molecule has 0 unspecified atom stereocenters. The van der Waals surface area contributed by atoms with Crippen LogP contribution in [0.25, 0.3) is 0 Å². The molecule has 8 heteroatoms. The Bertz CT molecular complexity index is 837. The van der Waals surface area contributed by atoms with Crippen molar-refractivity contribution < 1.29 is 28.9 Å². The number of anilines is 1. The van der Waals surface area contributed by atoms with Crippen molar-refractivity contribution in [1.82, 2.24) is 0 Å². The molecular weight excluding hydrogens is 406 g/mol. The Morgan fingerprint density at radius 3 is 2.58 bits per heavy atom. The fourth-order valence-electron chi connectivity index (χ4n) is 2.25. The minimum absolute atomic E-state index is 0.0456. The van der Waals surface area contributed by atoms with Gasteiger partial charge in [-0.05, 0) is 47.1 Å². The van der Waals surface area contributed by atoms with Crippen LogP contribution >= 0.6 is 15.9 Å². The quantitative estimate of drug-likeness (QED) is 0.544. The predicted molar refractivity (Wildman–Crippen MR) is 99.3 cm³/mol. The molecule has 0 aromatic heterocycles. The van der Waals surface area contributed by atoms with E-state index in [1.807, 2.05) is 6.92 Å². The third-order valence-corrected chi connectivity index (χ3v) is 4.06. The van der Waals surface area contributed by atoms with Crippen LogP contribution in [0.15, 0.2) is 34.8 Å². The van der Waals surface area contributed by atoms with E-state index < -0.39 is 11.9 Å². The van der Waals surface area contributed by atoms with Gasteiger partial charge in [-0.25, -0.2) is 4.79 Å². The molecule has 2 aromatic carbocycles. The Balaban J connectivity index is 2.34. The summed E-state index contributed by atoms with van der Waals surface area (Å²) in [6.07, 6.45) is 0. The summed E-state index contributed by atoms with van der Waals surface area (Å²) in [5, 5.41) is 12.7. The third-order valence-electron chi connectivity index (χ3n) is 3.47. The molecule has 0 bridgehead atoms. The van der Waals surface area contributed by atoms with Gasteiger partial charge in [-0.15, -0.1) is 0 Å². The minimum atomic E-state index is -0.705. The highest BCUT2D eigenvalue weighted by molar-refractivity contribution is 9.10. The summed E-state index contributed by atoms with van der Waals surface area (Å²) in [6, 6.07) is 7.49. The van der Waals surface area contributed by atoms with Gasteiger partial charge in [0, 0.05) is 5.56 Å². The van der Waals surface area contributed by atoms with Gasteiger partial charge < -0.3 is 24.6 Å². The zero-order valence-electron chi connectivity index (χ0n) is 14.5. The van der Waals surface area contributed by atoms with Gasteiger partial charge in [-0.2, -0.15) is 0 Å². The Hall–Kier alpha value is -2.74. The molecule has 0 heterocycles. The van der Waals surface area contributed by atoms with E-state index in [1.54, 1.807) is 6.07 Å². The monoisotopic (exact) mass is 423 g/mol. The lowest BCUT2D eigenvalue weighted by atomic mass is 10.1. The third kappa shape index (κ3) is 4.08. The number of carbonyl (C=O) groups excluding carboxylic acids is 2. The van der Waals surface area contributed by atoms with Crippen LogP contribution in [0.3, 0.4) is 0 Å². The summed E-state index contributed by atoms with van der Waals surface area (Å²) in [5.41, 5.74) is 0.317. The zero-order chi connectivity index (χ0) is 19.3. The number of esters is 1. The van der Waals surface area contributed by atoms with Crippen LogP contribution in [0.1, 0.15) is 27.6 Å². The average Bonchev–Trinajstić information content (AvgIpc) is 2.64. The predicted octanol–water partition coefficient (Wildman–Crippen LogP) is 3.60. The van der Waals surface area contributed by atoms with Crippen LogP contribution in [0.4, 0.5) is 5.69 Å². The largest absolute Gasteiger partial charge is 0.505 e. The fraction of sp³-hybridized carbons (Fsp3) is 0.222. The second kappa shape index (κ2) is 8.57. The van der Waals surface area contributed by atoms with Gasteiger partial charge >= 0.3 is 5.97 Å². The normalized spacial score (nSPS) is 10.2. The summed E-state index contributed by atoms with van der Waals surface area (Å²) in [4.78, 5) is 24.2. The molecule has 0 aliphatic heterocycles. The number of benzene rings is 2. The number of hydrogen-bond donors (Lipinski definition) is 2. The van der Waals surface area contributed by atoms with Crippen molar-refractivity contribution in [3.05, 3.63) is 45.9 Å². The lowest BCUT2D eigenvalue weighted by molar-refractivity contribution is 0.0597. The number of amides is 1. The van der Waals surface area contributed by atoms with Crippen molar-refractivity contribution >= 4 is 33.5 Å². The van der Waals surface area contributed by atoms with E-state index in [1.165, 1.54) is 38.5 Å². The standard InChI is InChI=1S/C18H18BrNO6/c1-4-26-16-12(19)8-10(9-14(16)24-2)17(22)20-13-7-5-6-11(15(13)21)18(23)25-3/h5-9,21H,4H2,1-3H3,(H,20,22). The van der Waals surface area contributed by atoms with Crippen LogP contribution in [0, 0.1) is 0 Å². The zero-order valence-corrected chi connectivity index (χ0v) is 16.0. The van der Waals surface area contributed by atoms with Gasteiger partial charge in [0.05, 0.1) is 31.0 Å². The molecule has 0 aliphatic carbocycles. The number of rotatable bonds is 6. The molecule has 7 nitrogen and oxygen atoms in total. The Morgan fingerprint density at radius 1 is 1.23 bits per heavy atom. The van der Waals surface area contributed by atoms with Crippen molar-refractivity contribution in [2.24, 2.45) is 0 Å². The van der Waals surface area contributed by atoms with Crippen LogP contribution in [0.5, 0.6) is 17.2 Å². The highest BCUT2D eigenvalue weighted by Gasteiger charge is 2.19. The van der Waals surface area contributed by atoms with E-state index in [4.69, 9.17) is 9.47 Å². The number of halogens is 1. The number of para-hydroxylation sites is 1. The van der Waals surface area contributed by atoms with E-state index in [0.717, 1.165) is 0 Å². The Labute approximate surface area is 159 Å². The van der Waals surface area contributed by atoms with Crippen LogP contribution in [0.2, 0.25) is 0 Å². The molecule has 1 amide bonds. The number of carbonyl (C=O) groups is 2. The van der Waals surface area contributed by atoms with E-state index in [9.17, 15) is 14.7 Å². The average molecular weight is 424 g/mol. The van der Waals surface area contributed by atoms with E-state index >= 15 is 0 Å². The fourth-order valence-corrected chi connectivity index (χ4v) is 2.81. The first-order chi connectivity index (χ1) is 12.4. The maximum Gasteiger partial charge on any atom is 0.341 e. The van der Waals surface area contributed by atoms with Crippen molar-refractivity contribution in [1.29, 1.82) is 0 Å². The molecule has 2 rings (SSSR count). The lowest BCUT2D eigenvalue weighted by Gasteiger charge is -2.14. The second-order valence-corrected chi connectivity index (χ2v) is 5.92. The number of phenolic OH excluding ortho intramolecular Hbond substituents is 1. The summed E-state index contributed by atoms with van der Waals surface area (Å²) in [7, 11) is 2.67. The van der Waals surface area contributed by atoms with Crippen LogP contribution < -0.4 is 14.8 Å². The Kier molecular flexibility index (Phi) is 6.46. The smallest absolute Gasteiger partial charge is 0.341 e. The van der Waals surface area contributed by atoms with Crippen LogP contribution in [-0.4, -0.2) is 37.8 Å². The molecule has 2 aromatic rings. The number of methoxy groups -OCH3 is 2. The van der Waals surface area contributed by atoms with Gasteiger partial charge in [0.25, 0.3) is 5.91 Å². The summed E-state index contributed by atoms with van der Waals surface area (Å²) in [5.74, 6) is -0.695. The molecule has 0 fully saturated rings. The first-order valence-corrected chi connectivity index (χ1v) is 8.44. The van der Waals surface area contributed by atoms with Gasteiger partial charge in [-0.1, -0.05) is 6.07 Å². The Morgan fingerprint density at radius 2 is 1.96 bits per heavy atom. The highest BCUT2D eigenvalue weighted by atomic mass is 79.9. The molecule has 0 aliphatic rings. The molecule has 0 spiro atoms. The van der Waals surface area contributed by atoms with Crippen molar-refractivity contribution in [2.75, 3.05) is 26.1 Å². The van der Waals surface area contributed by atoms with E-state index in [-0.39, 0.29) is 22.6 Å². The number of ether oxygens (including phenoxy) is 3. The maximum absolute atomic E-state index is 12.6. The lowest BCUT2D eigenvalue weighted by Crippen LogP contribution is -2.13. The van der Waals surface area contributed by atoms with Gasteiger partial charge in [0.1, 0.15) is 5.56 Å².